The van der Waals surface area contributed by atoms with Crippen molar-refractivity contribution in [1.29, 1.82) is 0 Å². The van der Waals surface area contributed by atoms with Gasteiger partial charge in [-0.3, -0.25) is 4.79 Å². The molecule has 0 aliphatic heterocycles. The lowest BCUT2D eigenvalue weighted by Crippen LogP contribution is -2.17. The van der Waals surface area contributed by atoms with Crippen LogP contribution in [0, 0.1) is 39.3 Å². The lowest BCUT2D eigenvalue weighted by Gasteiger charge is -2.18. The Bertz CT molecular complexity index is 816. The van der Waals surface area contributed by atoms with Crippen molar-refractivity contribution in [3.8, 4) is 11.1 Å². The third-order valence-electron chi connectivity index (χ3n) is 4.24. The first-order chi connectivity index (χ1) is 11.1. The van der Waals surface area contributed by atoms with Crippen LogP contribution in [0.5, 0.6) is 0 Å². The Kier molecular flexibility index (Phi) is 5.04. The molecule has 0 bridgehead atoms. The van der Waals surface area contributed by atoms with E-state index >= 15 is 0 Å². The number of hydrogen-bond donors (Lipinski definition) is 2. The summed E-state index contributed by atoms with van der Waals surface area (Å²) in [7, 11) is 0. The van der Waals surface area contributed by atoms with Gasteiger partial charge in [0, 0.05) is 11.6 Å². The van der Waals surface area contributed by atoms with E-state index in [1.807, 2.05) is 6.92 Å². The minimum absolute atomic E-state index is 0.132. The first-order valence-electron chi connectivity index (χ1n) is 7.67. The number of rotatable bonds is 4. The van der Waals surface area contributed by atoms with Gasteiger partial charge in [0.25, 0.3) is 0 Å². The fraction of sp³-hybridized carbons (Fsp3) is 0.316. The van der Waals surface area contributed by atoms with Crippen LogP contribution in [0.2, 0.25) is 0 Å². The Balaban J connectivity index is 2.68. The minimum Gasteiger partial charge on any atom is -0.481 e. The predicted octanol–water partition coefficient (Wildman–Crippen LogP) is 4.34. The van der Waals surface area contributed by atoms with E-state index in [1.54, 1.807) is 32.9 Å². The Morgan fingerprint density at radius 3 is 2.21 bits per heavy atom. The number of aliphatic carboxylic acids is 1. The van der Waals surface area contributed by atoms with Gasteiger partial charge in [-0.1, -0.05) is 6.07 Å². The molecule has 3 N–H and O–H groups in total. The van der Waals surface area contributed by atoms with Crippen molar-refractivity contribution in [2.45, 2.75) is 40.2 Å². The fourth-order valence-electron chi connectivity index (χ4n) is 3.11. The van der Waals surface area contributed by atoms with Gasteiger partial charge in [-0.15, -0.1) is 0 Å². The average Bonchev–Trinajstić information content (AvgIpc) is 2.47. The monoisotopic (exact) mass is 333 g/mol. The molecule has 24 heavy (non-hydrogen) atoms. The van der Waals surface area contributed by atoms with E-state index < -0.39 is 17.8 Å². The van der Waals surface area contributed by atoms with Crippen LogP contribution in [-0.2, 0) is 4.79 Å². The van der Waals surface area contributed by atoms with E-state index in [2.05, 4.69) is 0 Å². The van der Waals surface area contributed by atoms with Gasteiger partial charge in [-0.2, -0.15) is 0 Å². The largest absolute Gasteiger partial charge is 0.481 e. The Morgan fingerprint density at radius 2 is 1.62 bits per heavy atom. The molecule has 0 saturated carbocycles. The molecule has 0 aliphatic carbocycles. The molecule has 0 heterocycles. The molecule has 3 nitrogen and oxygen atoms in total. The molecule has 0 fully saturated rings. The highest BCUT2D eigenvalue weighted by Crippen LogP contribution is 2.34. The van der Waals surface area contributed by atoms with Gasteiger partial charge < -0.3 is 10.8 Å². The summed E-state index contributed by atoms with van der Waals surface area (Å²) in [6.45, 7) is 6.83. The van der Waals surface area contributed by atoms with Gasteiger partial charge in [0.15, 0.2) is 0 Å². The molecule has 0 aliphatic rings. The van der Waals surface area contributed by atoms with Crippen LogP contribution in [0.1, 0.15) is 40.3 Å². The molecule has 2 aromatic rings. The summed E-state index contributed by atoms with van der Waals surface area (Å²) in [5.41, 5.74) is 9.56. The standard InChI is InChI=1S/C19H21F2NO2/c1-9-5-10(2)18(20)12(4)17(9)13-6-11(3)19(21)14(7-13)15(22)8-16(23)24/h5-7,15H,8,22H2,1-4H3,(H,23,24)/t15-/m0/s1. The molecule has 2 aromatic carbocycles. The summed E-state index contributed by atoms with van der Waals surface area (Å²) in [6.07, 6.45) is -0.375. The molecule has 128 valence electrons. The first-order valence-corrected chi connectivity index (χ1v) is 7.67. The van der Waals surface area contributed by atoms with E-state index in [9.17, 15) is 13.6 Å². The van der Waals surface area contributed by atoms with Gasteiger partial charge in [0.2, 0.25) is 0 Å². The Hall–Kier alpha value is -2.27. The van der Waals surface area contributed by atoms with Crippen LogP contribution in [0.3, 0.4) is 0 Å². The summed E-state index contributed by atoms with van der Waals surface area (Å²) in [6, 6.07) is 3.95. The zero-order valence-corrected chi connectivity index (χ0v) is 14.2. The number of hydrogen-bond acceptors (Lipinski definition) is 2. The molecule has 0 spiro atoms. The summed E-state index contributed by atoms with van der Waals surface area (Å²) < 4.78 is 28.7. The zero-order chi connectivity index (χ0) is 18.2. The van der Waals surface area contributed by atoms with Crippen LogP contribution >= 0.6 is 0 Å². The highest BCUT2D eigenvalue weighted by Gasteiger charge is 2.20. The molecule has 0 aromatic heterocycles. The number of halogens is 2. The molecule has 0 amide bonds. The molecular formula is C19H21F2NO2. The minimum atomic E-state index is -1.10. The number of carboxylic acids is 1. The van der Waals surface area contributed by atoms with E-state index in [1.165, 1.54) is 6.07 Å². The van der Waals surface area contributed by atoms with Gasteiger partial charge >= 0.3 is 5.97 Å². The highest BCUT2D eigenvalue weighted by molar-refractivity contribution is 5.73. The highest BCUT2D eigenvalue weighted by atomic mass is 19.1. The predicted molar refractivity (Wildman–Crippen MR) is 89.9 cm³/mol. The Labute approximate surface area is 140 Å². The van der Waals surface area contributed by atoms with Crippen LogP contribution < -0.4 is 5.73 Å². The van der Waals surface area contributed by atoms with Crippen molar-refractivity contribution in [2.75, 3.05) is 0 Å². The number of carbonyl (C=O) groups is 1. The molecule has 0 radical (unpaired) electrons. The molecule has 0 saturated heterocycles. The lowest BCUT2D eigenvalue weighted by molar-refractivity contribution is -0.137. The molecule has 1 atom stereocenters. The molecule has 2 rings (SSSR count). The summed E-state index contributed by atoms with van der Waals surface area (Å²) in [5.74, 6) is -1.91. The average molecular weight is 333 g/mol. The maximum absolute atomic E-state index is 14.4. The van der Waals surface area contributed by atoms with E-state index in [-0.39, 0.29) is 17.8 Å². The normalized spacial score (nSPS) is 12.3. The lowest BCUT2D eigenvalue weighted by atomic mass is 9.89. The van der Waals surface area contributed by atoms with Crippen molar-refractivity contribution < 1.29 is 18.7 Å². The third kappa shape index (κ3) is 3.31. The number of aryl methyl sites for hydroxylation is 3. The number of nitrogens with two attached hydrogens (primary N) is 1. The maximum atomic E-state index is 14.4. The number of benzene rings is 2. The van der Waals surface area contributed by atoms with Crippen molar-refractivity contribution in [3.05, 3.63) is 57.7 Å². The first kappa shape index (κ1) is 18.1. The van der Waals surface area contributed by atoms with Crippen LogP contribution in [0.25, 0.3) is 11.1 Å². The van der Waals surface area contributed by atoms with Crippen molar-refractivity contribution in [3.63, 3.8) is 0 Å². The SMILES string of the molecule is Cc1cc(-c2c(C)cc(C)c(F)c2C)cc([C@@H](N)CC(=O)O)c1F. The van der Waals surface area contributed by atoms with Crippen molar-refractivity contribution >= 4 is 5.97 Å². The third-order valence-corrected chi connectivity index (χ3v) is 4.24. The van der Waals surface area contributed by atoms with Gasteiger partial charge in [-0.05, 0) is 73.2 Å². The smallest absolute Gasteiger partial charge is 0.305 e. The van der Waals surface area contributed by atoms with E-state index in [0.717, 1.165) is 5.56 Å². The van der Waals surface area contributed by atoms with Crippen LogP contribution in [0.4, 0.5) is 8.78 Å². The van der Waals surface area contributed by atoms with Crippen molar-refractivity contribution in [1.82, 2.24) is 0 Å². The molecule has 0 unspecified atom stereocenters. The quantitative estimate of drug-likeness (QED) is 0.875. The summed E-state index contributed by atoms with van der Waals surface area (Å²) in [4.78, 5) is 10.9. The number of carboxylic acid groups (broad SMARTS) is 1. The van der Waals surface area contributed by atoms with E-state index in [0.29, 0.717) is 27.8 Å². The fourth-order valence-corrected chi connectivity index (χ4v) is 3.11. The van der Waals surface area contributed by atoms with Gasteiger partial charge in [0.05, 0.1) is 6.42 Å². The van der Waals surface area contributed by atoms with Crippen molar-refractivity contribution in [2.24, 2.45) is 5.73 Å². The second-order valence-corrected chi connectivity index (χ2v) is 6.23. The Morgan fingerprint density at radius 1 is 1.04 bits per heavy atom. The second-order valence-electron chi connectivity index (χ2n) is 6.23. The van der Waals surface area contributed by atoms with E-state index in [4.69, 9.17) is 10.8 Å². The van der Waals surface area contributed by atoms with Gasteiger partial charge in [0.1, 0.15) is 11.6 Å². The van der Waals surface area contributed by atoms with Gasteiger partial charge in [-0.25, -0.2) is 8.78 Å². The van der Waals surface area contributed by atoms with Crippen LogP contribution in [0.15, 0.2) is 18.2 Å². The second kappa shape index (κ2) is 6.69. The maximum Gasteiger partial charge on any atom is 0.305 e. The molecular weight excluding hydrogens is 312 g/mol. The molecule has 5 heteroatoms. The zero-order valence-electron chi connectivity index (χ0n) is 14.2. The summed E-state index contributed by atoms with van der Waals surface area (Å²) >= 11 is 0. The topological polar surface area (TPSA) is 63.3 Å². The van der Waals surface area contributed by atoms with Crippen LogP contribution in [-0.4, -0.2) is 11.1 Å². The summed E-state index contributed by atoms with van der Waals surface area (Å²) in [5, 5.41) is 8.89.